The predicted octanol–water partition coefficient (Wildman–Crippen LogP) is 4.60. The van der Waals surface area contributed by atoms with Gasteiger partial charge < -0.3 is 9.73 Å². The molecule has 0 saturated carbocycles. The molecule has 1 aliphatic rings. The number of hydrogen-bond acceptors (Lipinski definition) is 4. The normalized spacial score (nSPS) is 13.0. The van der Waals surface area contributed by atoms with Gasteiger partial charge >= 0.3 is 0 Å². The molecular formula is C20H18N2O2S. The first-order valence-corrected chi connectivity index (χ1v) is 9.34. The predicted molar refractivity (Wildman–Crippen MR) is 99.0 cm³/mol. The number of amides is 1. The zero-order valence-electron chi connectivity index (χ0n) is 14.0. The maximum absolute atomic E-state index is 12.5. The number of rotatable bonds is 4. The van der Waals surface area contributed by atoms with Gasteiger partial charge in [-0.3, -0.25) is 4.79 Å². The molecule has 0 saturated heterocycles. The van der Waals surface area contributed by atoms with Gasteiger partial charge in [-0.2, -0.15) is 5.26 Å². The second-order valence-corrected chi connectivity index (χ2v) is 7.51. The van der Waals surface area contributed by atoms with Crippen LogP contribution in [0.1, 0.15) is 40.5 Å². The Kier molecular flexibility index (Phi) is 4.06. The lowest BCUT2D eigenvalue weighted by Gasteiger charge is -2.03. The average Bonchev–Trinajstić information content (AvgIpc) is 3.31. The van der Waals surface area contributed by atoms with Crippen molar-refractivity contribution in [2.45, 2.75) is 39.0 Å². The molecule has 0 spiro atoms. The van der Waals surface area contributed by atoms with Gasteiger partial charge in [0.1, 0.15) is 16.7 Å². The van der Waals surface area contributed by atoms with E-state index < -0.39 is 0 Å². The molecule has 0 atom stereocenters. The molecule has 1 aliphatic carbocycles. The topological polar surface area (TPSA) is 66.0 Å². The molecule has 25 heavy (non-hydrogen) atoms. The zero-order chi connectivity index (χ0) is 17.4. The van der Waals surface area contributed by atoms with E-state index in [9.17, 15) is 10.1 Å². The molecule has 1 amide bonds. The lowest BCUT2D eigenvalue weighted by molar-refractivity contribution is -0.115. The number of carbonyl (C=O) groups excluding carboxylic acids is 1. The number of furan rings is 1. The number of anilines is 1. The van der Waals surface area contributed by atoms with Crippen LogP contribution in [0.15, 0.2) is 28.9 Å². The molecule has 0 unspecified atom stereocenters. The van der Waals surface area contributed by atoms with Crippen LogP contribution in [-0.4, -0.2) is 5.91 Å². The molecular weight excluding hydrogens is 332 g/mol. The van der Waals surface area contributed by atoms with Crippen LogP contribution < -0.4 is 5.32 Å². The van der Waals surface area contributed by atoms with E-state index in [0.717, 1.165) is 40.7 Å². The van der Waals surface area contributed by atoms with Crippen LogP contribution in [0, 0.1) is 11.3 Å². The summed E-state index contributed by atoms with van der Waals surface area (Å²) >= 11 is 1.47. The minimum atomic E-state index is -0.121. The highest BCUT2D eigenvalue weighted by molar-refractivity contribution is 7.16. The average molecular weight is 350 g/mol. The van der Waals surface area contributed by atoms with E-state index >= 15 is 0 Å². The molecule has 4 rings (SSSR count). The number of nitrogens with zero attached hydrogens (tertiary/aromatic N) is 1. The summed E-state index contributed by atoms with van der Waals surface area (Å²) in [4.78, 5) is 13.6. The quantitative estimate of drug-likeness (QED) is 0.748. The van der Waals surface area contributed by atoms with Crippen molar-refractivity contribution < 1.29 is 9.21 Å². The Morgan fingerprint density at radius 1 is 1.32 bits per heavy atom. The minimum Gasteiger partial charge on any atom is -0.464 e. The van der Waals surface area contributed by atoms with Crippen LogP contribution in [-0.2, 0) is 30.5 Å². The summed E-state index contributed by atoms with van der Waals surface area (Å²) in [7, 11) is 0. The molecule has 0 bridgehead atoms. The van der Waals surface area contributed by atoms with Crippen LogP contribution in [0.5, 0.6) is 0 Å². The van der Waals surface area contributed by atoms with Gasteiger partial charge in [-0.15, -0.1) is 11.3 Å². The highest BCUT2D eigenvalue weighted by atomic mass is 32.1. The minimum absolute atomic E-state index is 0.121. The van der Waals surface area contributed by atoms with E-state index in [4.69, 9.17) is 4.42 Å². The third kappa shape index (κ3) is 2.94. The fraction of sp³-hybridized carbons (Fsp3) is 0.300. The molecule has 0 fully saturated rings. The van der Waals surface area contributed by atoms with Crippen molar-refractivity contribution >= 4 is 33.2 Å². The third-order valence-corrected chi connectivity index (χ3v) is 5.92. The number of hydrogen-bond donors (Lipinski definition) is 1. The van der Waals surface area contributed by atoms with Gasteiger partial charge in [-0.05, 0) is 55.0 Å². The highest BCUT2D eigenvalue weighted by Gasteiger charge is 2.18. The maximum atomic E-state index is 12.5. The summed E-state index contributed by atoms with van der Waals surface area (Å²) in [5.41, 5.74) is 5.01. The highest BCUT2D eigenvalue weighted by Crippen LogP contribution is 2.31. The summed E-state index contributed by atoms with van der Waals surface area (Å²) in [6.45, 7) is 2.04. The Hall–Kier alpha value is -2.58. The van der Waals surface area contributed by atoms with Crippen molar-refractivity contribution in [3.8, 4) is 6.07 Å². The Bertz CT molecular complexity index is 1010. The molecule has 5 heteroatoms. The fourth-order valence-electron chi connectivity index (χ4n) is 3.42. The van der Waals surface area contributed by atoms with E-state index in [1.165, 1.54) is 28.9 Å². The number of nitrogens with one attached hydrogen (secondary N) is 1. The Balaban J connectivity index is 1.56. The molecule has 3 aromatic rings. The fourth-order valence-corrected chi connectivity index (χ4v) is 4.38. The Morgan fingerprint density at radius 2 is 2.12 bits per heavy atom. The molecule has 4 nitrogen and oxygen atoms in total. The largest absolute Gasteiger partial charge is 0.464 e. The summed E-state index contributed by atoms with van der Waals surface area (Å²) < 4.78 is 5.66. The summed E-state index contributed by atoms with van der Waals surface area (Å²) in [6.07, 6.45) is 6.17. The van der Waals surface area contributed by atoms with Crippen molar-refractivity contribution in [2.24, 2.45) is 0 Å². The maximum Gasteiger partial charge on any atom is 0.229 e. The zero-order valence-corrected chi connectivity index (χ0v) is 14.8. The van der Waals surface area contributed by atoms with Gasteiger partial charge in [-0.25, -0.2) is 0 Å². The smallest absolute Gasteiger partial charge is 0.229 e. The van der Waals surface area contributed by atoms with Crippen molar-refractivity contribution in [3.05, 3.63) is 51.6 Å². The molecule has 2 heterocycles. The van der Waals surface area contributed by atoms with Crippen LogP contribution in [0.3, 0.4) is 0 Å². The molecule has 126 valence electrons. The van der Waals surface area contributed by atoms with Crippen molar-refractivity contribution in [1.29, 1.82) is 5.26 Å². The van der Waals surface area contributed by atoms with E-state index in [1.807, 2.05) is 13.0 Å². The lowest BCUT2D eigenvalue weighted by atomic mass is 10.0. The Labute approximate surface area is 150 Å². The SMILES string of the molecule is CCc1cc(C#N)c(NC(=O)Cc2coc3cc4c(cc23)CCC4)s1. The number of thiophene rings is 1. The molecule has 1 N–H and O–H groups in total. The third-order valence-electron chi connectivity index (χ3n) is 4.72. The Morgan fingerprint density at radius 3 is 2.88 bits per heavy atom. The van der Waals surface area contributed by atoms with Crippen LogP contribution in [0.4, 0.5) is 5.00 Å². The van der Waals surface area contributed by atoms with Gasteiger partial charge in [0.15, 0.2) is 0 Å². The number of benzene rings is 1. The van der Waals surface area contributed by atoms with E-state index in [-0.39, 0.29) is 12.3 Å². The number of carbonyl (C=O) groups is 1. The van der Waals surface area contributed by atoms with Crippen molar-refractivity contribution in [3.63, 3.8) is 0 Å². The second kappa shape index (κ2) is 6.38. The number of fused-ring (bicyclic) bond motifs is 2. The standard InChI is InChI=1S/C20H18N2O2S/c1-2-16-6-14(10-21)20(25-16)22-19(23)9-15-11-24-18-8-13-5-3-4-12(13)7-17(15)18/h6-8,11H,2-5,9H2,1H3,(H,22,23). The molecule has 1 aromatic carbocycles. The van der Waals surface area contributed by atoms with Gasteiger partial charge in [0.2, 0.25) is 5.91 Å². The molecule has 2 aromatic heterocycles. The number of aryl methyl sites for hydroxylation is 3. The number of nitriles is 1. The first-order valence-electron chi connectivity index (χ1n) is 8.52. The van der Waals surface area contributed by atoms with Gasteiger partial charge in [0, 0.05) is 15.8 Å². The summed E-state index contributed by atoms with van der Waals surface area (Å²) in [5.74, 6) is -0.121. The second-order valence-electron chi connectivity index (χ2n) is 6.38. The molecule has 0 radical (unpaired) electrons. The first-order chi connectivity index (χ1) is 12.2. The lowest BCUT2D eigenvalue weighted by Crippen LogP contribution is -2.13. The van der Waals surface area contributed by atoms with E-state index in [1.54, 1.807) is 6.26 Å². The summed E-state index contributed by atoms with van der Waals surface area (Å²) in [6, 6.07) is 8.28. The first kappa shape index (κ1) is 15.9. The van der Waals surface area contributed by atoms with Crippen molar-refractivity contribution in [1.82, 2.24) is 0 Å². The van der Waals surface area contributed by atoms with Gasteiger partial charge in [0.25, 0.3) is 0 Å². The summed E-state index contributed by atoms with van der Waals surface area (Å²) in [5, 5.41) is 13.8. The van der Waals surface area contributed by atoms with Crippen molar-refractivity contribution in [2.75, 3.05) is 5.32 Å². The monoisotopic (exact) mass is 350 g/mol. The van der Waals surface area contributed by atoms with Gasteiger partial charge in [-0.1, -0.05) is 6.92 Å². The van der Waals surface area contributed by atoms with Crippen LogP contribution >= 0.6 is 11.3 Å². The van der Waals surface area contributed by atoms with Crippen LogP contribution in [0.2, 0.25) is 0 Å². The van der Waals surface area contributed by atoms with E-state index in [2.05, 4.69) is 23.5 Å². The molecule has 0 aliphatic heterocycles. The van der Waals surface area contributed by atoms with Gasteiger partial charge in [0.05, 0.1) is 18.2 Å². The van der Waals surface area contributed by atoms with Crippen LogP contribution in [0.25, 0.3) is 11.0 Å². The van der Waals surface area contributed by atoms with E-state index in [0.29, 0.717) is 10.6 Å².